The van der Waals surface area contributed by atoms with Gasteiger partial charge in [0, 0.05) is 42.5 Å². The average Bonchev–Trinajstić information content (AvgIpc) is 3.75. The zero-order valence-corrected chi connectivity index (χ0v) is 26.0. The van der Waals surface area contributed by atoms with Gasteiger partial charge in [0.2, 0.25) is 5.91 Å². The standard InChI is InChI=1S/C32H38N2O6S2/c1-18(10-30(33)36)26(35)7-5-4-6-21-15-27(22-13-23(38-2)16-24(14-22)39-3)40-28(21)17-29-31(37)34(32(41)42-29)25-12-19-8-9-20(25)11-19/h13-20,25H,4-12H2,1-3H3,(H2,33,36)/b29-17-/t18-,19?,20?,25?/m0/s1. The van der Waals surface area contributed by atoms with Crippen LogP contribution < -0.4 is 15.2 Å². The molecule has 1 aromatic heterocycles. The fourth-order valence-corrected chi connectivity index (χ4v) is 7.89. The highest BCUT2D eigenvalue weighted by Crippen LogP contribution is 2.49. The van der Waals surface area contributed by atoms with Crippen molar-refractivity contribution in [2.24, 2.45) is 23.5 Å². The third kappa shape index (κ3) is 6.59. The van der Waals surface area contributed by atoms with E-state index < -0.39 is 5.91 Å². The number of fused-ring (bicyclic) bond motifs is 2. The molecule has 3 aliphatic rings. The summed E-state index contributed by atoms with van der Waals surface area (Å²) < 4.78 is 17.9. The number of Topliss-reactive ketones (excluding diaryl/α,β-unsaturated/α-hetero) is 1. The predicted octanol–water partition coefficient (Wildman–Crippen LogP) is 6.15. The molecule has 0 spiro atoms. The number of amides is 2. The van der Waals surface area contributed by atoms with Gasteiger partial charge in [0.25, 0.3) is 5.91 Å². The fourth-order valence-electron chi connectivity index (χ4n) is 6.54. The van der Waals surface area contributed by atoms with E-state index in [0.717, 1.165) is 24.0 Å². The third-order valence-corrected chi connectivity index (χ3v) is 10.1. The Kier molecular flexibility index (Phi) is 9.42. The Balaban J connectivity index is 1.38. The fraction of sp³-hybridized carbons (Fsp3) is 0.500. The molecule has 1 saturated heterocycles. The summed E-state index contributed by atoms with van der Waals surface area (Å²) in [5.41, 5.74) is 6.98. The number of ketones is 1. The first kappa shape index (κ1) is 30.4. The van der Waals surface area contributed by atoms with Crippen LogP contribution >= 0.6 is 24.0 Å². The van der Waals surface area contributed by atoms with Crippen molar-refractivity contribution in [3.8, 4) is 22.8 Å². The molecule has 4 atom stereocenters. The predicted molar refractivity (Wildman–Crippen MR) is 167 cm³/mol. The van der Waals surface area contributed by atoms with Gasteiger partial charge in [-0.25, -0.2) is 0 Å². The molecule has 2 saturated carbocycles. The van der Waals surface area contributed by atoms with E-state index >= 15 is 0 Å². The number of furan rings is 1. The van der Waals surface area contributed by atoms with E-state index in [2.05, 4.69) is 0 Å². The van der Waals surface area contributed by atoms with Crippen LogP contribution in [0.3, 0.4) is 0 Å². The van der Waals surface area contributed by atoms with Crippen molar-refractivity contribution < 1.29 is 28.3 Å². The van der Waals surface area contributed by atoms with E-state index in [4.69, 9.17) is 31.8 Å². The number of hydrogen-bond acceptors (Lipinski definition) is 8. The summed E-state index contributed by atoms with van der Waals surface area (Å²) in [6, 6.07) is 7.73. The Labute approximate surface area is 256 Å². The number of carbonyl (C=O) groups is 3. The number of methoxy groups -OCH3 is 2. The zero-order chi connectivity index (χ0) is 30.0. The smallest absolute Gasteiger partial charge is 0.266 e. The number of ether oxygens (including phenoxy) is 2. The molecule has 224 valence electrons. The maximum absolute atomic E-state index is 13.6. The first-order valence-corrected chi connectivity index (χ1v) is 15.8. The van der Waals surface area contributed by atoms with E-state index in [1.807, 2.05) is 29.2 Å². The SMILES string of the molecule is COc1cc(OC)cc(-c2cc(CCCCC(=O)[C@@H](C)CC(N)=O)c(/C=C3\SC(=S)N(C4CC5CCC4C5)C3=O)o2)c1. The van der Waals surface area contributed by atoms with Crippen molar-refractivity contribution in [3.05, 3.63) is 40.5 Å². The quantitative estimate of drug-likeness (QED) is 0.163. The summed E-state index contributed by atoms with van der Waals surface area (Å²) in [5.74, 6) is 2.91. The van der Waals surface area contributed by atoms with Crippen LogP contribution in [0.5, 0.6) is 11.5 Å². The molecular weight excluding hydrogens is 572 g/mol. The Morgan fingerprint density at radius 1 is 1.14 bits per heavy atom. The van der Waals surface area contributed by atoms with E-state index in [-0.39, 0.29) is 30.1 Å². The van der Waals surface area contributed by atoms with E-state index in [1.54, 1.807) is 27.2 Å². The lowest BCUT2D eigenvalue weighted by atomic mass is 9.94. The summed E-state index contributed by atoms with van der Waals surface area (Å²) in [6.07, 6.45) is 8.99. The Hall–Kier alpha value is -3.11. The van der Waals surface area contributed by atoms with Crippen LogP contribution in [0.1, 0.15) is 69.6 Å². The topological polar surface area (TPSA) is 112 Å². The van der Waals surface area contributed by atoms with Crippen molar-refractivity contribution in [1.82, 2.24) is 4.90 Å². The van der Waals surface area contributed by atoms with Gasteiger partial charge < -0.3 is 19.6 Å². The van der Waals surface area contributed by atoms with Crippen molar-refractivity contribution in [2.45, 2.75) is 70.8 Å². The molecule has 2 aromatic rings. The van der Waals surface area contributed by atoms with E-state index in [9.17, 15) is 14.4 Å². The second-order valence-corrected chi connectivity index (χ2v) is 13.3. The summed E-state index contributed by atoms with van der Waals surface area (Å²) in [5, 5.41) is 0. The van der Waals surface area contributed by atoms with Crippen LogP contribution in [0.4, 0.5) is 0 Å². The lowest BCUT2D eigenvalue weighted by Gasteiger charge is -2.30. The molecule has 10 heteroatoms. The second kappa shape index (κ2) is 13.0. The first-order valence-electron chi connectivity index (χ1n) is 14.6. The number of nitrogens with two attached hydrogens (primary N) is 1. The van der Waals surface area contributed by atoms with Gasteiger partial charge in [-0.1, -0.05) is 37.3 Å². The number of benzene rings is 1. The molecule has 8 nitrogen and oxygen atoms in total. The number of unbranched alkanes of at least 4 members (excludes halogenated alkanes) is 1. The third-order valence-electron chi connectivity index (χ3n) is 8.77. The van der Waals surface area contributed by atoms with Gasteiger partial charge in [-0.2, -0.15) is 0 Å². The number of thioether (sulfide) groups is 1. The van der Waals surface area contributed by atoms with Crippen molar-refractivity contribution in [3.63, 3.8) is 0 Å². The van der Waals surface area contributed by atoms with Crippen LogP contribution in [-0.2, 0) is 20.8 Å². The average molecular weight is 611 g/mol. The number of thiocarbonyl (C=S) groups is 1. The highest BCUT2D eigenvalue weighted by molar-refractivity contribution is 8.26. The Morgan fingerprint density at radius 2 is 1.88 bits per heavy atom. The molecule has 2 aliphatic carbocycles. The molecule has 2 bridgehead atoms. The second-order valence-electron chi connectivity index (χ2n) is 11.6. The first-order chi connectivity index (χ1) is 20.2. The van der Waals surface area contributed by atoms with Gasteiger partial charge in [-0.15, -0.1) is 0 Å². The van der Waals surface area contributed by atoms with Gasteiger partial charge >= 0.3 is 0 Å². The molecule has 1 aliphatic heterocycles. The lowest BCUT2D eigenvalue weighted by molar-refractivity contribution is -0.127. The van der Waals surface area contributed by atoms with Gasteiger partial charge in [-0.05, 0) is 74.1 Å². The Morgan fingerprint density at radius 3 is 2.50 bits per heavy atom. The highest BCUT2D eigenvalue weighted by Gasteiger charge is 2.48. The van der Waals surface area contributed by atoms with Crippen LogP contribution in [0.25, 0.3) is 17.4 Å². The van der Waals surface area contributed by atoms with Gasteiger partial charge in [0.15, 0.2) is 0 Å². The normalized spacial score (nSPS) is 23.2. The molecule has 3 unspecified atom stereocenters. The van der Waals surface area contributed by atoms with Crippen molar-refractivity contribution in [1.29, 1.82) is 0 Å². The molecular formula is C32H38N2O6S2. The van der Waals surface area contributed by atoms with Crippen LogP contribution in [0.2, 0.25) is 0 Å². The molecule has 1 aromatic carbocycles. The number of rotatable bonds is 13. The minimum Gasteiger partial charge on any atom is -0.497 e. The summed E-state index contributed by atoms with van der Waals surface area (Å²) in [4.78, 5) is 39.7. The zero-order valence-electron chi connectivity index (χ0n) is 24.4. The Bertz CT molecular complexity index is 1390. The maximum atomic E-state index is 13.6. The molecule has 2 amide bonds. The summed E-state index contributed by atoms with van der Waals surface area (Å²) >= 11 is 7.04. The van der Waals surface area contributed by atoms with Crippen molar-refractivity contribution in [2.75, 3.05) is 14.2 Å². The highest BCUT2D eigenvalue weighted by atomic mass is 32.2. The van der Waals surface area contributed by atoms with E-state index in [0.29, 0.717) is 63.3 Å². The molecule has 3 fully saturated rings. The van der Waals surface area contributed by atoms with Crippen LogP contribution in [0.15, 0.2) is 33.6 Å². The maximum Gasteiger partial charge on any atom is 0.266 e. The molecule has 42 heavy (non-hydrogen) atoms. The number of hydrogen-bond donors (Lipinski definition) is 1. The summed E-state index contributed by atoms with van der Waals surface area (Å²) in [7, 11) is 3.20. The van der Waals surface area contributed by atoms with Gasteiger partial charge in [0.05, 0.1) is 19.1 Å². The lowest BCUT2D eigenvalue weighted by Crippen LogP contribution is -2.41. The molecule has 2 heterocycles. The van der Waals surface area contributed by atoms with Crippen molar-refractivity contribution >= 4 is 52.0 Å². The van der Waals surface area contributed by atoms with E-state index in [1.165, 1.54) is 31.0 Å². The van der Waals surface area contributed by atoms with Gasteiger partial charge in [0.1, 0.15) is 33.1 Å². The number of aryl methyl sites for hydroxylation is 1. The number of carbonyl (C=O) groups excluding carboxylic acids is 3. The largest absolute Gasteiger partial charge is 0.497 e. The van der Waals surface area contributed by atoms with Crippen LogP contribution in [0, 0.1) is 17.8 Å². The molecule has 5 rings (SSSR count). The minimum absolute atomic E-state index is 0.0367. The number of primary amides is 1. The summed E-state index contributed by atoms with van der Waals surface area (Å²) in [6.45, 7) is 1.74. The monoisotopic (exact) mass is 610 g/mol. The number of nitrogens with zero attached hydrogens (tertiary/aromatic N) is 1. The molecule has 0 radical (unpaired) electrons. The minimum atomic E-state index is -0.466. The van der Waals surface area contributed by atoms with Crippen LogP contribution in [-0.4, -0.2) is 47.1 Å². The molecule has 2 N–H and O–H groups in total. The van der Waals surface area contributed by atoms with Gasteiger partial charge in [-0.3, -0.25) is 19.3 Å².